The fourth-order valence-electron chi connectivity index (χ4n) is 12.2. The second kappa shape index (κ2) is 30.0. The van der Waals surface area contributed by atoms with E-state index >= 15 is 0 Å². The maximum absolute atomic E-state index is 9.63. The first kappa shape index (κ1) is 66.8. The number of aromatic hydroxyl groups is 1. The van der Waals surface area contributed by atoms with Crippen molar-refractivity contribution in [2.45, 2.75) is 110 Å². The van der Waals surface area contributed by atoms with Gasteiger partial charge in [-0.2, -0.15) is 5.10 Å². The third-order valence-corrected chi connectivity index (χ3v) is 16.9. The Hall–Kier alpha value is -8.61. The molecule has 3 aromatic heterocycles. The number of fused-ring (bicyclic) bond motifs is 2. The Bertz CT molecular complexity index is 3970. The van der Waals surface area contributed by atoms with Gasteiger partial charge in [-0.1, -0.05) is 200 Å². The zero-order valence-electron chi connectivity index (χ0n) is 54.7. The second-order valence-electron chi connectivity index (χ2n) is 24.9. The molecule has 470 valence electrons. The van der Waals surface area contributed by atoms with Crippen LogP contribution in [0.2, 0.25) is 5.15 Å². The second-order valence-corrected chi connectivity index (χ2v) is 25.3. The number of para-hydroxylation sites is 2. The Labute approximate surface area is 550 Å². The summed E-state index contributed by atoms with van der Waals surface area (Å²) in [4.78, 5) is 17.6. The number of pyridine rings is 2. The highest BCUT2D eigenvalue weighted by atomic mass is 35.5. The molecule has 1 aliphatic carbocycles. The Morgan fingerprint density at radius 1 is 0.626 bits per heavy atom. The number of phenols is 1. The smallest absolute Gasteiger partial charge is 0.244 e. The molecule has 0 unspecified atom stereocenters. The maximum atomic E-state index is 9.63. The van der Waals surface area contributed by atoms with Crippen molar-refractivity contribution in [3.05, 3.63) is 261 Å². The Balaban J connectivity index is 0.000000166. The highest BCUT2D eigenvalue weighted by molar-refractivity contribution is 6.29. The lowest BCUT2D eigenvalue weighted by Gasteiger charge is -2.37. The van der Waals surface area contributed by atoms with Crippen LogP contribution in [0.3, 0.4) is 0 Å². The molecule has 0 amide bonds. The molecule has 91 heavy (non-hydrogen) atoms. The number of aromatic nitrogens is 4. The molecule has 0 bridgehead atoms. The first-order chi connectivity index (χ1) is 43.5. The standard InChI is InChI=1S/C34H26ClN3O.C27H39N2.C15H15N3O.C2H7N.ClH/c35-32-22-24(20-21-36-32)33-30-23-29(39-28-16-17-28)18-19-31(30)38(37-33)34(25-10-4-1-5-11-25,26-12-6-2-7-13-26)27-14-8-3-9-15-27;1-18(2)22-11-9-12-23(19(3)4)26(22)28-15-16-29(17-28)27-24(20(5)6)13-10-14-25(27)21(7)8;1-18(2)14-7-10(5-6-16-14)15-13-8-12(19)4-3-11(13)9-17-15;1-3-2;/h1-15,18-23,28H,16-17H2;9-14,17-21H,15-16H2,1-8H3;3-8,19H,9H2,1-2H3;3H,1-2H3;1H/q;+1;;;/p-1. The number of phenolic OH excluding ortho intramolecular Hbond substituents is 1. The number of nitrogens with zero attached hydrogens (tertiary/aromatic N) is 8. The van der Waals surface area contributed by atoms with Crippen molar-refractivity contribution in [2.75, 3.05) is 51.1 Å². The van der Waals surface area contributed by atoms with Crippen LogP contribution in [0.25, 0.3) is 22.2 Å². The first-order valence-corrected chi connectivity index (χ1v) is 32.1. The predicted octanol–water partition coefficient (Wildman–Crippen LogP) is 14.5. The number of hydrogen-bond acceptors (Lipinski definition) is 9. The quantitative estimate of drug-likeness (QED) is 0.0594. The Morgan fingerprint density at radius 3 is 1.69 bits per heavy atom. The molecule has 2 aliphatic heterocycles. The van der Waals surface area contributed by atoms with Crippen molar-refractivity contribution >= 4 is 51.7 Å². The third-order valence-electron chi connectivity index (χ3n) is 16.7. The summed E-state index contributed by atoms with van der Waals surface area (Å²) in [5.74, 6) is 4.08. The summed E-state index contributed by atoms with van der Waals surface area (Å²) < 4.78 is 10.9. The molecule has 2 N–H and O–H groups in total. The summed E-state index contributed by atoms with van der Waals surface area (Å²) in [5, 5.41) is 19.2. The van der Waals surface area contributed by atoms with Crippen molar-refractivity contribution in [1.29, 1.82) is 0 Å². The van der Waals surface area contributed by atoms with Gasteiger partial charge in [0.25, 0.3) is 0 Å². The molecule has 3 aliphatic rings. The van der Waals surface area contributed by atoms with E-state index in [1.54, 1.807) is 24.5 Å². The van der Waals surface area contributed by atoms with E-state index in [9.17, 15) is 5.11 Å². The van der Waals surface area contributed by atoms with Crippen molar-refractivity contribution in [3.63, 3.8) is 0 Å². The fraction of sp³-hybridized carbons (Fsp3) is 0.295. The van der Waals surface area contributed by atoms with Crippen molar-refractivity contribution in [1.82, 2.24) is 25.1 Å². The van der Waals surface area contributed by atoms with Gasteiger partial charge in [-0.3, -0.25) is 4.99 Å². The highest BCUT2D eigenvalue weighted by Gasteiger charge is 2.41. The number of anilines is 2. The summed E-state index contributed by atoms with van der Waals surface area (Å²) in [5.41, 5.74) is 18.1. The van der Waals surface area contributed by atoms with Crippen LogP contribution in [0.5, 0.6) is 11.5 Å². The molecule has 0 saturated heterocycles. The summed E-state index contributed by atoms with van der Waals surface area (Å²) in [6, 6.07) is 65.0. The van der Waals surface area contributed by atoms with Crippen molar-refractivity contribution in [2.24, 2.45) is 4.99 Å². The normalized spacial score (nSPS) is 13.4. The molecule has 7 aromatic carbocycles. The molecule has 5 heterocycles. The lowest BCUT2D eigenvalue weighted by Crippen LogP contribution is -3.00. The minimum atomic E-state index is -0.740. The molecule has 0 atom stereocenters. The molecule has 0 radical (unpaired) electrons. The topological polar surface area (TPSA) is 107 Å². The molecule has 10 aromatic rings. The Morgan fingerprint density at radius 2 is 1.16 bits per heavy atom. The van der Waals surface area contributed by atoms with E-state index < -0.39 is 5.54 Å². The number of nitrogens with one attached hydrogen (secondary N) is 1. The first-order valence-electron chi connectivity index (χ1n) is 31.7. The number of halogens is 2. The summed E-state index contributed by atoms with van der Waals surface area (Å²) in [7, 11) is 7.67. The van der Waals surface area contributed by atoms with Crippen LogP contribution in [0, 0.1) is 0 Å². The van der Waals surface area contributed by atoms with Gasteiger partial charge >= 0.3 is 0 Å². The fourth-order valence-corrected chi connectivity index (χ4v) is 12.4. The van der Waals surface area contributed by atoms with Gasteiger partial charge in [0.05, 0.1) is 23.9 Å². The summed E-state index contributed by atoms with van der Waals surface area (Å²) in [6.45, 7) is 21.2. The third kappa shape index (κ3) is 14.8. The van der Waals surface area contributed by atoms with Crippen LogP contribution in [-0.2, 0) is 12.1 Å². The van der Waals surface area contributed by atoms with E-state index in [0.717, 1.165) is 98.8 Å². The van der Waals surface area contributed by atoms with Gasteiger partial charge in [-0.25, -0.2) is 24.1 Å². The van der Waals surface area contributed by atoms with Crippen LogP contribution in [0.4, 0.5) is 17.2 Å². The summed E-state index contributed by atoms with van der Waals surface area (Å²) in [6.07, 6.45) is 8.39. The van der Waals surface area contributed by atoms with Gasteiger partial charge in [-0.15, -0.1) is 0 Å². The lowest BCUT2D eigenvalue weighted by atomic mass is 9.77. The predicted molar refractivity (Wildman–Crippen MR) is 375 cm³/mol. The molecular formula is C78H87Cl2N9O2. The van der Waals surface area contributed by atoms with Gasteiger partial charge in [0, 0.05) is 70.8 Å². The van der Waals surface area contributed by atoms with Gasteiger partial charge in [0.2, 0.25) is 6.34 Å². The average molecular weight is 1250 g/mol. The number of ether oxygens (including phenoxy) is 1. The average Bonchev–Trinajstić information content (AvgIpc) is 1.67. The summed E-state index contributed by atoms with van der Waals surface area (Å²) >= 11 is 6.37. The van der Waals surface area contributed by atoms with E-state index in [2.05, 4.69) is 242 Å². The van der Waals surface area contributed by atoms with Gasteiger partial charge < -0.3 is 32.5 Å². The molecule has 11 nitrogen and oxygen atoms in total. The zero-order chi connectivity index (χ0) is 63.6. The number of benzene rings is 7. The molecule has 1 fully saturated rings. The maximum Gasteiger partial charge on any atom is 0.244 e. The van der Waals surface area contributed by atoms with Crippen LogP contribution in [0.1, 0.15) is 148 Å². The van der Waals surface area contributed by atoms with Crippen LogP contribution < -0.4 is 32.3 Å². The largest absolute Gasteiger partial charge is 1.00 e. The van der Waals surface area contributed by atoms with Crippen molar-refractivity contribution in [3.8, 4) is 22.8 Å². The van der Waals surface area contributed by atoms with Gasteiger partial charge in [0.1, 0.15) is 58.2 Å². The molecule has 1 saturated carbocycles. The minimum Gasteiger partial charge on any atom is -1.00 e. The van der Waals surface area contributed by atoms with E-state index in [1.165, 1.54) is 33.6 Å². The lowest BCUT2D eigenvalue weighted by molar-refractivity contribution is -0.425. The van der Waals surface area contributed by atoms with Gasteiger partial charge in [0.15, 0.2) is 0 Å². The molecule has 13 heteroatoms. The molecule has 13 rings (SSSR count). The van der Waals surface area contributed by atoms with Crippen LogP contribution >= 0.6 is 11.6 Å². The number of aliphatic imine (C=N–C) groups is 1. The van der Waals surface area contributed by atoms with Crippen molar-refractivity contribution < 1.29 is 26.8 Å². The SMILES string of the molecule is CC(C)c1cccc(C(C)C)c1N1C=[N+](c2c(C(C)C)cccc2C(C)C)CC1.CN(C)c1cc(C2=NCc3ccc(O)cc32)ccn1.CNC.Clc1cc(-c2nn(C(c3ccccc3)(c3ccccc3)c3ccccc3)c3ccc(OC4CC4)cc23)ccn1.[Cl-]. The van der Waals surface area contributed by atoms with E-state index in [4.69, 9.17) is 21.4 Å². The number of rotatable bonds is 15. The minimum absolute atomic E-state index is 0. The monoisotopic (exact) mass is 1250 g/mol. The van der Waals surface area contributed by atoms with E-state index in [0.29, 0.717) is 41.5 Å². The van der Waals surface area contributed by atoms with Crippen LogP contribution in [0.15, 0.2) is 205 Å². The van der Waals surface area contributed by atoms with E-state index in [-0.39, 0.29) is 18.2 Å². The highest BCUT2D eigenvalue weighted by Crippen LogP contribution is 2.46. The van der Waals surface area contributed by atoms with E-state index in [1.807, 2.05) is 63.4 Å². The molecule has 0 spiro atoms. The Kier molecular flexibility index (Phi) is 22.0. The van der Waals surface area contributed by atoms with Gasteiger partial charge in [-0.05, 0) is 127 Å². The van der Waals surface area contributed by atoms with Crippen LogP contribution in [-0.4, -0.2) is 88.9 Å². The molecular weight excluding hydrogens is 1170 g/mol. The zero-order valence-corrected chi connectivity index (χ0v) is 56.3. The number of hydrogen-bond donors (Lipinski definition) is 2.